The smallest absolute Gasteiger partial charge is 0.0619 e. The van der Waals surface area contributed by atoms with Gasteiger partial charge in [-0.3, -0.25) is 4.90 Å². The van der Waals surface area contributed by atoms with Crippen LogP contribution in [0.3, 0.4) is 0 Å². The molecule has 100 valence electrons. The highest BCUT2D eigenvalue weighted by atomic mass is 16.5. The molecule has 3 heteroatoms. The van der Waals surface area contributed by atoms with Gasteiger partial charge < -0.3 is 10.5 Å². The minimum Gasteiger partial charge on any atom is -0.399 e. The Morgan fingerprint density at radius 2 is 2.11 bits per heavy atom. The molecule has 1 aromatic rings. The zero-order valence-corrected chi connectivity index (χ0v) is 11.4. The molecule has 1 heterocycles. The van der Waals surface area contributed by atoms with E-state index >= 15 is 0 Å². The highest BCUT2D eigenvalue weighted by Gasteiger charge is 2.19. The van der Waals surface area contributed by atoms with E-state index in [9.17, 15) is 0 Å². The van der Waals surface area contributed by atoms with Gasteiger partial charge in [0.25, 0.3) is 0 Å². The number of nitrogen functional groups attached to an aromatic ring is 1. The number of nitrogens with two attached hydrogens (primary N) is 1. The van der Waals surface area contributed by atoms with Crippen LogP contribution in [0.25, 0.3) is 0 Å². The molecule has 2 atom stereocenters. The van der Waals surface area contributed by atoms with Crippen molar-refractivity contribution in [2.75, 3.05) is 32.0 Å². The Kier molecular flexibility index (Phi) is 4.61. The first-order chi connectivity index (χ1) is 8.66. The van der Waals surface area contributed by atoms with Crippen molar-refractivity contribution in [3.05, 3.63) is 29.8 Å². The average Bonchev–Trinajstić information content (AvgIpc) is 2.38. The van der Waals surface area contributed by atoms with E-state index in [4.69, 9.17) is 10.5 Å². The van der Waals surface area contributed by atoms with Gasteiger partial charge in [-0.15, -0.1) is 0 Å². The van der Waals surface area contributed by atoms with E-state index in [-0.39, 0.29) is 0 Å². The third-order valence-electron chi connectivity index (χ3n) is 3.86. The van der Waals surface area contributed by atoms with Crippen molar-refractivity contribution in [2.24, 2.45) is 0 Å². The molecular weight excluding hydrogens is 224 g/mol. The molecule has 0 spiro atoms. The second kappa shape index (κ2) is 6.21. The molecule has 1 aliphatic rings. The lowest BCUT2D eigenvalue weighted by Crippen LogP contribution is -2.44. The largest absolute Gasteiger partial charge is 0.399 e. The third kappa shape index (κ3) is 3.47. The van der Waals surface area contributed by atoms with Gasteiger partial charge in [0.15, 0.2) is 0 Å². The number of anilines is 1. The summed E-state index contributed by atoms with van der Waals surface area (Å²) >= 11 is 0. The third-order valence-corrected chi connectivity index (χ3v) is 3.86. The van der Waals surface area contributed by atoms with E-state index in [0.29, 0.717) is 12.0 Å². The molecule has 0 radical (unpaired) electrons. The molecule has 1 aromatic carbocycles. The maximum absolute atomic E-state index is 5.71. The molecule has 0 aromatic heterocycles. The average molecular weight is 248 g/mol. The Labute approximate surface area is 110 Å². The number of rotatable bonds is 4. The Morgan fingerprint density at radius 1 is 1.39 bits per heavy atom. The number of morpholine rings is 1. The van der Waals surface area contributed by atoms with Crippen molar-refractivity contribution in [3.8, 4) is 0 Å². The van der Waals surface area contributed by atoms with Crippen molar-refractivity contribution >= 4 is 5.69 Å². The van der Waals surface area contributed by atoms with E-state index in [1.54, 1.807) is 0 Å². The lowest BCUT2D eigenvalue weighted by molar-refractivity contribution is -0.00128. The van der Waals surface area contributed by atoms with Gasteiger partial charge >= 0.3 is 0 Å². The Bertz CT molecular complexity index is 363. The van der Waals surface area contributed by atoms with Crippen LogP contribution < -0.4 is 5.73 Å². The first kappa shape index (κ1) is 13.4. The van der Waals surface area contributed by atoms with Crippen molar-refractivity contribution in [2.45, 2.75) is 32.2 Å². The van der Waals surface area contributed by atoms with Gasteiger partial charge in [-0.1, -0.05) is 19.1 Å². The molecule has 1 saturated heterocycles. The molecule has 0 aliphatic carbocycles. The standard InChI is InChI=1S/C15H24N2O/c1-12(14-3-5-15(16)6-4-14)7-8-17-9-10-18-11-13(17)2/h3-6,12-13H,7-11,16H2,1-2H3. The summed E-state index contributed by atoms with van der Waals surface area (Å²) in [5.41, 5.74) is 7.93. The molecule has 0 bridgehead atoms. The van der Waals surface area contributed by atoms with Gasteiger partial charge in [-0.2, -0.15) is 0 Å². The maximum Gasteiger partial charge on any atom is 0.0619 e. The summed E-state index contributed by atoms with van der Waals surface area (Å²) in [7, 11) is 0. The van der Waals surface area contributed by atoms with Crippen LogP contribution in [0.2, 0.25) is 0 Å². The van der Waals surface area contributed by atoms with Crippen molar-refractivity contribution in [1.29, 1.82) is 0 Å². The fourth-order valence-corrected chi connectivity index (χ4v) is 2.44. The van der Waals surface area contributed by atoms with Gasteiger partial charge in [0.05, 0.1) is 13.2 Å². The van der Waals surface area contributed by atoms with E-state index < -0.39 is 0 Å². The maximum atomic E-state index is 5.71. The lowest BCUT2D eigenvalue weighted by atomic mass is 9.97. The van der Waals surface area contributed by atoms with E-state index in [1.165, 1.54) is 12.0 Å². The Hall–Kier alpha value is -1.06. The second-order valence-electron chi connectivity index (χ2n) is 5.32. The fourth-order valence-electron chi connectivity index (χ4n) is 2.44. The summed E-state index contributed by atoms with van der Waals surface area (Å²) in [6.45, 7) is 8.49. The molecule has 2 N–H and O–H groups in total. The zero-order chi connectivity index (χ0) is 13.0. The molecule has 0 amide bonds. The predicted octanol–water partition coefficient (Wildman–Crippen LogP) is 2.48. The van der Waals surface area contributed by atoms with Gasteiger partial charge in [-0.25, -0.2) is 0 Å². The molecule has 0 saturated carbocycles. The summed E-state index contributed by atoms with van der Waals surface area (Å²) in [6.07, 6.45) is 1.19. The van der Waals surface area contributed by atoms with Crippen molar-refractivity contribution in [3.63, 3.8) is 0 Å². The molecule has 18 heavy (non-hydrogen) atoms. The summed E-state index contributed by atoms with van der Waals surface area (Å²) in [5.74, 6) is 0.584. The van der Waals surface area contributed by atoms with Gasteiger partial charge in [0.2, 0.25) is 0 Å². The van der Waals surface area contributed by atoms with E-state index in [1.807, 2.05) is 12.1 Å². The van der Waals surface area contributed by atoms with Gasteiger partial charge in [-0.05, 0) is 43.5 Å². The number of ether oxygens (including phenoxy) is 1. The summed E-state index contributed by atoms with van der Waals surface area (Å²) < 4.78 is 5.46. The number of benzene rings is 1. The van der Waals surface area contributed by atoms with Gasteiger partial charge in [0.1, 0.15) is 0 Å². The minimum atomic E-state index is 0.553. The summed E-state index contributed by atoms with van der Waals surface area (Å²) in [6, 6.07) is 8.81. The summed E-state index contributed by atoms with van der Waals surface area (Å²) in [5, 5.41) is 0. The quantitative estimate of drug-likeness (QED) is 0.832. The molecule has 3 nitrogen and oxygen atoms in total. The number of hydrogen-bond donors (Lipinski definition) is 1. The highest BCUT2D eigenvalue weighted by Crippen LogP contribution is 2.21. The SMILES string of the molecule is CC(CCN1CCOCC1C)c1ccc(N)cc1. The Morgan fingerprint density at radius 3 is 2.78 bits per heavy atom. The molecule has 2 rings (SSSR count). The van der Waals surface area contributed by atoms with E-state index in [0.717, 1.165) is 32.0 Å². The number of nitrogens with zero attached hydrogens (tertiary/aromatic N) is 1. The number of hydrogen-bond acceptors (Lipinski definition) is 3. The van der Waals surface area contributed by atoms with E-state index in [2.05, 4.69) is 30.9 Å². The van der Waals surface area contributed by atoms with Crippen LogP contribution in [-0.4, -0.2) is 37.2 Å². The monoisotopic (exact) mass is 248 g/mol. The topological polar surface area (TPSA) is 38.5 Å². The molecular formula is C15H24N2O. The molecule has 1 fully saturated rings. The van der Waals surface area contributed by atoms with Crippen molar-refractivity contribution in [1.82, 2.24) is 4.90 Å². The van der Waals surface area contributed by atoms with Crippen LogP contribution in [0.15, 0.2) is 24.3 Å². The van der Waals surface area contributed by atoms with Crippen LogP contribution in [-0.2, 0) is 4.74 Å². The van der Waals surface area contributed by atoms with Crippen LogP contribution >= 0.6 is 0 Å². The molecule has 2 unspecified atom stereocenters. The van der Waals surface area contributed by atoms with Crippen LogP contribution in [0.5, 0.6) is 0 Å². The van der Waals surface area contributed by atoms with Gasteiger partial charge in [0, 0.05) is 18.3 Å². The minimum absolute atomic E-state index is 0.553. The van der Waals surface area contributed by atoms with Crippen molar-refractivity contribution < 1.29 is 4.74 Å². The normalized spacial score (nSPS) is 22.9. The van der Waals surface area contributed by atoms with Crippen LogP contribution in [0, 0.1) is 0 Å². The predicted molar refractivity (Wildman–Crippen MR) is 75.7 cm³/mol. The lowest BCUT2D eigenvalue weighted by Gasteiger charge is -2.33. The fraction of sp³-hybridized carbons (Fsp3) is 0.600. The first-order valence-electron chi connectivity index (χ1n) is 6.84. The zero-order valence-electron chi connectivity index (χ0n) is 11.4. The van der Waals surface area contributed by atoms with Crippen LogP contribution in [0.4, 0.5) is 5.69 Å². The first-order valence-corrected chi connectivity index (χ1v) is 6.84. The second-order valence-corrected chi connectivity index (χ2v) is 5.32. The van der Waals surface area contributed by atoms with Crippen LogP contribution in [0.1, 0.15) is 31.7 Å². The highest BCUT2D eigenvalue weighted by molar-refractivity contribution is 5.40. The molecule has 1 aliphatic heterocycles. The Balaban J connectivity index is 1.83. The summed E-state index contributed by atoms with van der Waals surface area (Å²) in [4.78, 5) is 2.53.